The molecule has 1 unspecified atom stereocenters. The summed E-state index contributed by atoms with van der Waals surface area (Å²) >= 11 is 0. The van der Waals surface area contributed by atoms with Crippen molar-refractivity contribution in [3.63, 3.8) is 0 Å². The van der Waals surface area contributed by atoms with Crippen LogP contribution in [0.4, 0.5) is 0 Å². The fraction of sp³-hybridized carbons (Fsp3) is 0.500. The molecule has 1 aromatic rings. The molecule has 98 valence electrons. The van der Waals surface area contributed by atoms with Gasteiger partial charge >= 0.3 is 0 Å². The fourth-order valence-electron chi connectivity index (χ4n) is 2.05. The zero-order valence-corrected chi connectivity index (χ0v) is 10.9. The standard InChI is InChI=1S/C14H20N2O2/c1-9-3-4-10(2)12(7-9)18-8-14(16,13(15)17)11-5-6-11/h3-4,7,11H,5-6,8,16H2,1-2H3,(H2,15,17). The van der Waals surface area contributed by atoms with Crippen LogP contribution in [0.5, 0.6) is 5.75 Å². The number of hydrogen-bond acceptors (Lipinski definition) is 3. The van der Waals surface area contributed by atoms with Crippen LogP contribution in [0.3, 0.4) is 0 Å². The molecule has 0 bridgehead atoms. The molecule has 4 nitrogen and oxygen atoms in total. The lowest BCUT2D eigenvalue weighted by Crippen LogP contribution is -2.58. The van der Waals surface area contributed by atoms with E-state index in [-0.39, 0.29) is 12.5 Å². The van der Waals surface area contributed by atoms with Gasteiger partial charge in [-0.2, -0.15) is 0 Å². The number of carbonyl (C=O) groups is 1. The minimum absolute atomic E-state index is 0.150. The zero-order valence-electron chi connectivity index (χ0n) is 10.9. The van der Waals surface area contributed by atoms with E-state index in [1.165, 1.54) is 0 Å². The van der Waals surface area contributed by atoms with Gasteiger partial charge in [0, 0.05) is 0 Å². The molecular formula is C14H20N2O2. The van der Waals surface area contributed by atoms with Crippen molar-refractivity contribution < 1.29 is 9.53 Å². The largest absolute Gasteiger partial charge is 0.491 e. The van der Waals surface area contributed by atoms with Crippen molar-refractivity contribution in [2.75, 3.05) is 6.61 Å². The third-order valence-electron chi connectivity index (χ3n) is 3.57. The van der Waals surface area contributed by atoms with Crippen LogP contribution in [0.2, 0.25) is 0 Å². The first-order chi connectivity index (χ1) is 8.43. The first kappa shape index (κ1) is 12.9. The van der Waals surface area contributed by atoms with E-state index in [1.807, 2.05) is 32.0 Å². The van der Waals surface area contributed by atoms with Crippen LogP contribution in [0.25, 0.3) is 0 Å². The number of nitrogens with two attached hydrogens (primary N) is 2. The number of primary amides is 1. The first-order valence-corrected chi connectivity index (χ1v) is 6.22. The maximum Gasteiger partial charge on any atom is 0.241 e. The lowest BCUT2D eigenvalue weighted by Gasteiger charge is -2.26. The molecule has 4 heteroatoms. The van der Waals surface area contributed by atoms with E-state index in [2.05, 4.69) is 0 Å². The third kappa shape index (κ3) is 2.48. The number of rotatable bonds is 5. The van der Waals surface area contributed by atoms with E-state index in [0.29, 0.717) is 0 Å². The minimum atomic E-state index is -1.03. The highest BCUT2D eigenvalue weighted by Crippen LogP contribution is 2.38. The minimum Gasteiger partial charge on any atom is -0.491 e. The van der Waals surface area contributed by atoms with Gasteiger partial charge < -0.3 is 16.2 Å². The third-order valence-corrected chi connectivity index (χ3v) is 3.57. The lowest BCUT2D eigenvalue weighted by molar-refractivity contribution is -0.125. The van der Waals surface area contributed by atoms with E-state index in [0.717, 1.165) is 29.7 Å². The summed E-state index contributed by atoms with van der Waals surface area (Å²) in [5, 5.41) is 0. The van der Waals surface area contributed by atoms with Gasteiger partial charge in [-0.15, -0.1) is 0 Å². The maximum absolute atomic E-state index is 11.5. The van der Waals surface area contributed by atoms with Gasteiger partial charge in [-0.05, 0) is 49.8 Å². The van der Waals surface area contributed by atoms with Crippen molar-refractivity contribution in [2.45, 2.75) is 32.2 Å². The van der Waals surface area contributed by atoms with Gasteiger partial charge in [0.15, 0.2) is 0 Å². The average Bonchev–Trinajstić information content (AvgIpc) is 3.14. The monoisotopic (exact) mass is 248 g/mol. The van der Waals surface area contributed by atoms with Gasteiger partial charge in [0.1, 0.15) is 17.9 Å². The summed E-state index contributed by atoms with van der Waals surface area (Å²) < 4.78 is 5.72. The van der Waals surface area contributed by atoms with E-state index >= 15 is 0 Å². The van der Waals surface area contributed by atoms with Crippen LogP contribution in [0.15, 0.2) is 18.2 Å². The molecule has 0 aromatic heterocycles. The van der Waals surface area contributed by atoms with Gasteiger partial charge in [-0.1, -0.05) is 12.1 Å². The molecule has 1 fully saturated rings. The second-order valence-corrected chi connectivity index (χ2v) is 5.24. The van der Waals surface area contributed by atoms with Gasteiger partial charge in [-0.25, -0.2) is 0 Å². The molecule has 0 saturated heterocycles. The van der Waals surface area contributed by atoms with Crippen molar-refractivity contribution in [3.8, 4) is 5.75 Å². The normalized spacial score (nSPS) is 18.2. The highest BCUT2D eigenvalue weighted by atomic mass is 16.5. The fourth-order valence-corrected chi connectivity index (χ4v) is 2.05. The number of carbonyl (C=O) groups excluding carboxylic acids is 1. The van der Waals surface area contributed by atoms with Crippen LogP contribution in [0, 0.1) is 19.8 Å². The Kier molecular flexibility index (Phi) is 3.30. The van der Waals surface area contributed by atoms with Crippen molar-refractivity contribution in [1.82, 2.24) is 0 Å². The summed E-state index contributed by atoms with van der Waals surface area (Å²) in [4.78, 5) is 11.5. The Morgan fingerprint density at radius 2 is 2.11 bits per heavy atom. The molecule has 1 saturated carbocycles. The molecule has 1 amide bonds. The van der Waals surface area contributed by atoms with Gasteiger partial charge in [0.05, 0.1) is 0 Å². The van der Waals surface area contributed by atoms with Crippen molar-refractivity contribution in [2.24, 2.45) is 17.4 Å². The van der Waals surface area contributed by atoms with Gasteiger partial charge in [-0.3, -0.25) is 4.79 Å². The molecule has 1 aliphatic carbocycles. The molecule has 1 aromatic carbocycles. The van der Waals surface area contributed by atoms with Crippen molar-refractivity contribution in [3.05, 3.63) is 29.3 Å². The molecule has 0 heterocycles. The highest BCUT2D eigenvalue weighted by molar-refractivity contribution is 5.85. The predicted octanol–water partition coefficient (Wildman–Crippen LogP) is 1.28. The van der Waals surface area contributed by atoms with Crippen LogP contribution in [-0.2, 0) is 4.79 Å². The predicted molar refractivity (Wildman–Crippen MR) is 70.2 cm³/mol. The zero-order chi connectivity index (χ0) is 13.3. The van der Waals surface area contributed by atoms with Gasteiger partial charge in [0.2, 0.25) is 5.91 Å². The second-order valence-electron chi connectivity index (χ2n) is 5.24. The quantitative estimate of drug-likeness (QED) is 0.823. The van der Waals surface area contributed by atoms with Crippen LogP contribution in [0.1, 0.15) is 24.0 Å². The summed E-state index contributed by atoms with van der Waals surface area (Å²) in [6.45, 7) is 4.11. The molecule has 4 N–H and O–H groups in total. The molecule has 0 radical (unpaired) electrons. The van der Waals surface area contributed by atoms with E-state index in [4.69, 9.17) is 16.2 Å². The van der Waals surface area contributed by atoms with E-state index in [9.17, 15) is 4.79 Å². The summed E-state index contributed by atoms with van der Waals surface area (Å²) in [7, 11) is 0. The Balaban J connectivity index is 2.10. The number of hydrogen-bond donors (Lipinski definition) is 2. The molecule has 0 spiro atoms. The van der Waals surface area contributed by atoms with Crippen molar-refractivity contribution in [1.29, 1.82) is 0 Å². The van der Waals surface area contributed by atoms with Crippen molar-refractivity contribution >= 4 is 5.91 Å². The van der Waals surface area contributed by atoms with E-state index in [1.54, 1.807) is 0 Å². The Bertz CT molecular complexity index is 469. The molecule has 18 heavy (non-hydrogen) atoms. The number of ether oxygens (including phenoxy) is 1. The first-order valence-electron chi connectivity index (χ1n) is 6.22. The topological polar surface area (TPSA) is 78.3 Å². The van der Waals surface area contributed by atoms with Crippen LogP contribution in [-0.4, -0.2) is 18.1 Å². The van der Waals surface area contributed by atoms with Crippen LogP contribution < -0.4 is 16.2 Å². The number of amides is 1. The summed E-state index contributed by atoms with van der Waals surface area (Å²) in [5.74, 6) is 0.460. The summed E-state index contributed by atoms with van der Waals surface area (Å²) in [5.41, 5.74) is 12.6. The number of aryl methyl sites for hydroxylation is 2. The average molecular weight is 248 g/mol. The maximum atomic E-state index is 11.5. The SMILES string of the molecule is Cc1ccc(C)c(OCC(N)(C(N)=O)C2CC2)c1. The summed E-state index contributed by atoms with van der Waals surface area (Å²) in [6.07, 6.45) is 1.91. The lowest BCUT2D eigenvalue weighted by atomic mass is 9.95. The molecule has 0 aliphatic heterocycles. The summed E-state index contributed by atoms with van der Waals surface area (Å²) in [6, 6.07) is 5.96. The molecule has 1 atom stereocenters. The molecule has 1 aliphatic rings. The van der Waals surface area contributed by atoms with Crippen LogP contribution >= 0.6 is 0 Å². The van der Waals surface area contributed by atoms with Gasteiger partial charge in [0.25, 0.3) is 0 Å². The van der Waals surface area contributed by atoms with E-state index < -0.39 is 11.4 Å². The second kappa shape index (κ2) is 4.61. The number of benzene rings is 1. The molecular weight excluding hydrogens is 228 g/mol. The Hall–Kier alpha value is -1.55. The Morgan fingerprint density at radius 1 is 1.44 bits per heavy atom. The highest BCUT2D eigenvalue weighted by Gasteiger charge is 2.47. The Morgan fingerprint density at radius 3 is 2.67 bits per heavy atom. The smallest absolute Gasteiger partial charge is 0.241 e. The Labute approximate surface area is 107 Å². The molecule has 2 rings (SSSR count).